The molecule has 0 N–H and O–H groups in total. The molecule has 2 amide bonds. The number of carbonyl (C=O) groups excluding carboxylic acids is 1. The topological polar surface area (TPSA) is 66.9 Å². The summed E-state index contributed by atoms with van der Waals surface area (Å²) in [5.74, 6) is 0.147. The number of anilines is 1. The minimum Gasteiger partial charge on any atom is -0.379 e. The van der Waals surface area contributed by atoms with Crippen molar-refractivity contribution in [2.24, 2.45) is 0 Å². The Morgan fingerprint density at radius 3 is 2.50 bits per heavy atom. The fraction of sp³-hybridized carbons (Fsp3) is 0.350. The van der Waals surface area contributed by atoms with Crippen LogP contribution in [0.3, 0.4) is 0 Å². The quantitative estimate of drug-likeness (QED) is 0.462. The number of amides is 2. The van der Waals surface area contributed by atoms with Crippen molar-refractivity contribution in [1.29, 1.82) is 0 Å². The third-order valence-corrected chi connectivity index (χ3v) is 6.06. The molecule has 2 aromatic rings. The second kappa shape index (κ2) is 8.84. The van der Waals surface area contributed by atoms with Crippen molar-refractivity contribution in [2.45, 2.75) is 31.1 Å². The van der Waals surface area contributed by atoms with Crippen molar-refractivity contribution in [3.05, 3.63) is 53.6 Å². The van der Waals surface area contributed by atoms with Crippen molar-refractivity contribution in [3.63, 3.8) is 0 Å². The molecular weight excluding hydrogens is 400 g/mol. The standard InChI is InChI=1S/C20H23ClN2O4S/c1-2-3-4-12-22-13-14-23(20(22)24)17-8-10-19(11-9-17)28(25,26)27-18-7-5-6-16(21)15-18/h5-11,15H,2-4,12-14H2,1H3. The second-order valence-corrected chi connectivity index (χ2v) is 8.60. The van der Waals surface area contributed by atoms with Gasteiger partial charge in [-0.05, 0) is 42.8 Å². The van der Waals surface area contributed by atoms with Crippen LogP contribution in [-0.4, -0.2) is 39.0 Å². The van der Waals surface area contributed by atoms with Gasteiger partial charge in [-0.3, -0.25) is 4.90 Å². The molecule has 1 aliphatic heterocycles. The van der Waals surface area contributed by atoms with Crippen LogP contribution in [0.25, 0.3) is 0 Å². The largest absolute Gasteiger partial charge is 0.379 e. The Labute approximate surface area is 170 Å². The molecule has 1 saturated heterocycles. The van der Waals surface area contributed by atoms with Crippen molar-refractivity contribution >= 4 is 33.4 Å². The van der Waals surface area contributed by atoms with E-state index in [0.29, 0.717) is 23.8 Å². The molecule has 28 heavy (non-hydrogen) atoms. The second-order valence-electron chi connectivity index (χ2n) is 6.62. The highest BCUT2D eigenvalue weighted by atomic mass is 35.5. The number of unbranched alkanes of at least 4 members (excludes halogenated alkanes) is 2. The first kappa shape index (κ1) is 20.5. The monoisotopic (exact) mass is 422 g/mol. The van der Waals surface area contributed by atoms with Gasteiger partial charge in [-0.1, -0.05) is 37.4 Å². The molecule has 0 bridgehead atoms. The van der Waals surface area contributed by atoms with Crippen molar-refractivity contribution in [3.8, 4) is 5.75 Å². The molecule has 0 aromatic heterocycles. The molecule has 8 heteroatoms. The lowest BCUT2D eigenvalue weighted by atomic mass is 10.2. The molecule has 6 nitrogen and oxygen atoms in total. The van der Waals surface area contributed by atoms with E-state index in [2.05, 4.69) is 6.92 Å². The Hall–Kier alpha value is -2.25. The summed E-state index contributed by atoms with van der Waals surface area (Å²) in [6.07, 6.45) is 3.20. The Morgan fingerprint density at radius 2 is 1.82 bits per heavy atom. The van der Waals surface area contributed by atoms with Gasteiger partial charge >= 0.3 is 16.1 Å². The van der Waals surface area contributed by atoms with Gasteiger partial charge in [0.1, 0.15) is 10.6 Å². The van der Waals surface area contributed by atoms with Gasteiger partial charge in [0.2, 0.25) is 0 Å². The molecular formula is C20H23ClN2O4S. The van der Waals surface area contributed by atoms with Gasteiger partial charge in [0.25, 0.3) is 0 Å². The lowest BCUT2D eigenvalue weighted by Gasteiger charge is -2.19. The van der Waals surface area contributed by atoms with Crippen LogP contribution in [0.2, 0.25) is 5.02 Å². The first-order valence-electron chi connectivity index (χ1n) is 9.27. The summed E-state index contributed by atoms with van der Waals surface area (Å²) in [7, 11) is -3.98. The van der Waals surface area contributed by atoms with E-state index in [9.17, 15) is 13.2 Å². The number of hydrogen-bond donors (Lipinski definition) is 0. The van der Waals surface area contributed by atoms with Gasteiger partial charge in [-0.25, -0.2) is 4.79 Å². The summed E-state index contributed by atoms with van der Waals surface area (Å²) >= 11 is 5.86. The normalized spacial score (nSPS) is 14.6. The third-order valence-electron chi connectivity index (χ3n) is 4.57. The fourth-order valence-electron chi connectivity index (χ4n) is 3.07. The molecule has 3 rings (SSSR count). The summed E-state index contributed by atoms with van der Waals surface area (Å²) < 4.78 is 30.0. The minimum absolute atomic E-state index is 0.0164. The van der Waals surface area contributed by atoms with Crippen molar-refractivity contribution in [1.82, 2.24) is 4.90 Å². The fourth-order valence-corrected chi connectivity index (χ4v) is 4.17. The number of benzene rings is 2. The van der Waals surface area contributed by atoms with Crippen LogP contribution in [0.5, 0.6) is 5.75 Å². The number of nitrogens with zero attached hydrogens (tertiary/aromatic N) is 2. The van der Waals surface area contributed by atoms with Gasteiger partial charge in [0, 0.05) is 36.4 Å². The van der Waals surface area contributed by atoms with Crippen LogP contribution in [-0.2, 0) is 10.1 Å². The van der Waals surface area contributed by atoms with Crippen LogP contribution in [0.1, 0.15) is 26.2 Å². The maximum Gasteiger partial charge on any atom is 0.339 e. The van der Waals surface area contributed by atoms with Gasteiger partial charge in [-0.2, -0.15) is 8.42 Å². The molecule has 150 valence electrons. The van der Waals surface area contributed by atoms with E-state index in [0.717, 1.165) is 25.8 Å². The first-order valence-corrected chi connectivity index (χ1v) is 11.1. The zero-order chi connectivity index (χ0) is 20.1. The van der Waals surface area contributed by atoms with Crippen LogP contribution >= 0.6 is 11.6 Å². The number of rotatable bonds is 8. The predicted octanol–water partition coefficient (Wildman–Crippen LogP) is 4.54. The predicted molar refractivity (Wildman–Crippen MR) is 110 cm³/mol. The number of urea groups is 1. The highest BCUT2D eigenvalue weighted by molar-refractivity contribution is 7.87. The minimum atomic E-state index is -3.98. The maximum absolute atomic E-state index is 12.6. The van der Waals surface area contributed by atoms with Crippen molar-refractivity contribution in [2.75, 3.05) is 24.5 Å². The van der Waals surface area contributed by atoms with E-state index in [1.165, 1.54) is 24.3 Å². The van der Waals surface area contributed by atoms with Crippen LogP contribution in [0.4, 0.5) is 10.5 Å². The molecule has 1 aliphatic rings. The molecule has 1 fully saturated rings. The maximum atomic E-state index is 12.6. The lowest BCUT2D eigenvalue weighted by Crippen LogP contribution is -2.32. The summed E-state index contributed by atoms with van der Waals surface area (Å²) in [6, 6.07) is 12.3. The Morgan fingerprint density at radius 1 is 1.07 bits per heavy atom. The average molecular weight is 423 g/mol. The zero-order valence-electron chi connectivity index (χ0n) is 15.7. The van der Waals surface area contributed by atoms with E-state index in [1.807, 2.05) is 4.90 Å². The molecule has 0 unspecified atom stereocenters. The SMILES string of the molecule is CCCCCN1CCN(c2ccc(S(=O)(=O)Oc3cccc(Cl)c3)cc2)C1=O. The van der Waals surface area contributed by atoms with E-state index in [4.69, 9.17) is 15.8 Å². The first-order chi connectivity index (χ1) is 13.4. The molecule has 0 saturated carbocycles. The zero-order valence-corrected chi connectivity index (χ0v) is 17.2. The van der Waals surface area contributed by atoms with Gasteiger partial charge in [0.15, 0.2) is 0 Å². The van der Waals surface area contributed by atoms with Crippen LogP contribution < -0.4 is 9.08 Å². The van der Waals surface area contributed by atoms with Gasteiger partial charge < -0.3 is 9.08 Å². The van der Waals surface area contributed by atoms with Gasteiger partial charge in [-0.15, -0.1) is 0 Å². The average Bonchev–Trinajstić information content (AvgIpc) is 3.02. The summed E-state index contributed by atoms with van der Waals surface area (Å²) in [5.41, 5.74) is 0.671. The van der Waals surface area contributed by atoms with Crippen LogP contribution in [0, 0.1) is 0 Å². The molecule has 0 spiro atoms. The highest BCUT2D eigenvalue weighted by Gasteiger charge is 2.29. The lowest BCUT2D eigenvalue weighted by molar-refractivity contribution is 0.219. The number of halogens is 1. The Bertz CT molecular complexity index is 931. The number of hydrogen-bond acceptors (Lipinski definition) is 4. The third kappa shape index (κ3) is 4.77. The summed E-state index contributed by atoms with van der Waals surface area (Å²) in [6.45, 7) is 4.16. The molecule has 1 heterocycles. The molecule has 0 atom stereocenters. The number of carbonyl (C=O) groups is 1. The summed E-state index contributed by atoms with van der Waals surface area (Å²) in [5, 5.41) is 0.388. The van der Waals surface area contributed by atoms with Gasteiger partial charge in [0.05, 0.1) is 0 Å². The van der Waals surface area contributed by atoms with E-state index in [1.54, 1.807) is 29.2 Å². The van der Waals surface area contributed by atoms with E-state index < -0.39 is 10.1 Å². The Balaban J connectivity index is 1.68. The highest BCUT2D eigenvalue weighted by Crippen LogP contribution is 2.25. The summed E-state index contributed by atoms with van der Waals surface area (Å²) in [4.78, 5) is 16.1. The smallest absolute Gasteiger partial charge is 0.339 e. The van der Waals surface area contributed by atoms with E-state index >= 15 is 0 Å². The molecule has 0 aliphatic carbocycles. The van der Waals surface area contributed by atoms with E-state index in [-0.39, 0.29) is 16.7 Å². The molecule has 2 aromatic carbocycles. The van der Waals surface area contributed by atoms with Crippen LogP contribution in [0.15, 0.2) is 53.4 Å². The molecule has 0 radical (unpaired) electrons. The Kier molecular flexibility index (Phi) is 6.46. The van der Waals surface area contributed by atoms with Crippen molar-refractivity contribution < 1.29 is 17.4 Å².